The number of aromatic amines is 1. The number of hydrogen-bond acceptors (Lipinski definition) is 6. The molecule has 0 radical (unpaired) electrons. The fraction of sp³-hybridized carbons (Fsp3) is 0.600. The Kier molecular flexibility index (Phi) is 6.38. The van der Waals surface area contributed by atoms with Gasteiger partial charge >= 0.3 is 32.4 Å². The molecule has 1 saturated heterocycles. The Morgan fingerprint density at radius 2 is 2.18 bits per heavy atom. The van der Waals surface area contributed by atoms with Crippen molar-refractivity contribution < 1.29 is 49.0 Å². The van der Waals surface area contributed by atoms with Crippen LogP contribution in [0.2, 0.25) is 0 Å². The Balaban J connectivity index is 0.00000242. The van der Waals surface area contributed by atoms with Crippen molar-refractivity contribution in [2.45, 2.75) is 31.8 Å². The number of aryl methyl sites for hydroxylation is 1. The van der Waals surface area contributed by atoms with E-state index in [1.54, 1.807) is 0 Å². The van der Waals surface area contributed by atoms with Crippen molar-refractivity contribution in [1.82, 2.24) is 9.55 Å². The van der Waals surface area contributed by atoms with E-state index in [-0.39, 0.29) is 26.7 Å². The number of aliphatic hydroxyl groups excluding tert-OH is 1. The smallest absolute Gasteiger partial charge is 1.00 e. The van der Waals surface area contributed by atoms with Crippen LogP contribution in [0.15, 0.2) is 15.8 Å². The molecule has 0 spiro atoms. The second-order valence-corrected chi connectivity index (χ2v) is 5.94. The first-order valence-corrected chi connectivity index (χ1v) is 7.56. The molecule has 1 fully saturated rings. The van der Waals surface area contributed by atoms with Gasteiger partial charge in [0.15, 0.2) is 0 Å². The van der Waals surface area contributed by atoms with Crippen LogP contribution in [0.5, 0.6) is 0 Å². The fourth-order valence-electron chi connectivity index (χ4n) is 2.01. The molecule has 22 heavy (non-hydrogen) atoms. The predicted octanol–water partition coefficient (Wildman–Crippen LogP) is -4.28. The van der Waals surface area contributed by atoms with E-state index < -0.39 is 44.1 Å². The largest absolute Gasteiger partial charge is 1.00 e. The molecule has 3 atom stereocenters. The van der Waals surface area contributed by atoms with Crippen LogP contribution >= 0.6 is 7.82 Å². The van der Waals surface area contributed by atoms with Gasteiger partial charge in [0.1, 0.15) is 12.3 Å². The van der Waals surface area contributed by atoms with Crippen molar-refractivity contribution in [3.8, 4) is 0 Å². The molecule has 1 aliphatic heterocycles. The number of rotatable bonds is 4. The van der Waals surface area contributed by atoms with Crippen molar-refractivity contribution in [1.29, 1.82) is 0 Å². The Labute approximate surface area is 138 Å². The first-order chi connectivity index (χ1) is 9.67. The van der Waals surface area contributed by atoms with Crippen LogP contribution in [0.25, 0.3) is 0 Å². The summed E-state index contributed by atoms with van der Waals surface area (Å²) >= 11 is 0. The molecule has 1 aromatic heterocycles. The number of hydrogen-bond donors (Lipinski definition) is 4. The molecule has 0 amide bonds. The zero-order chi connectivity index (χ0) is 15.8. The molecule has 0 bridgehead atoms. The molecule has 0 unspecified atom stereocenters. The van der Waals surface area contributed by atoms with Gasteiger partial charge in [-0.1, -0.05) is 0 Å². The van der Waals surface area contributed by atoms with Gasteiger partial charge in [0, 0.05) is 18.2 Å². The van der Waals surface area contributed by atoms with Gasteiger partial charge in [0.05, 0.1) is 12.7 Å². The van der Waals surface area contributed by atoms with E-state index in [0.717, 1.165) is 4.57 Å². The third-order valence-electron chi connectivity index (χ3n) is 3.07. The van der Waals surface area contributed by atoms with Gasteiger partial charge in [0.25, 0.3) is 5.56 Å². The van der Waals surface area contributed by atoms with Crippen molar-refractivity contribution >= 4 is 7.82 Å². The molecule has 0 saturated carbocycles. The normalized spacial score (nSPS) is 25.0. The zero-order valence-electron chi connectivity index (χ0n) is 13.0. The topological polar surface area (TPSA) is 151 Å². The van der Waals surface area contributed by atoms with E-state index in [9.17, 15) is 19.3 Å². The Morgan fingerprint density at radius 3 is 2.77 bits per heavy atom. The van der Waals surface area contributed by atoms with Crippen molar-refractivity contribution in [2.24, 2.45) is 0 Å². The summed E-state index contributed by atoms with van der Waals surface area (Å²) < 4.78 is 21.4. The predicted molar refractivity (Wildman–Crippen MR) is 69.7 cm³/mol. The number of nitrogens with zero attached hydrogens (tertiary/aromatic N) is 1. The summed E-state index contributed by atoms with van der Waals surface area (Å²) in [4.78, 5) is 42.3. The van der Waals surface area contributed by atoms with Gasteiger partial charge in [-0.3, -0.25) is 18.9 Å². The maximum absolute atomic E-state index is 11.7. The molecule has 12 heteroatoms. The van der Waals surface area contributed by atoms with Gasteiger partial charge in [0.2, 0.25) is 0 Å². The summed E-state index contributed by atoms with van der Waals surface area (Å²) in [7, 11) is -4.67. The van der Waals surface area contributed by atoms with Gasteiger partial charge in [-0.05, 0) is 6.92 Å². The molecule has 1 aromatic rings. The first kappa shape index (κ1) is 19.4. The first-order valence-electron chi connectivity index (χ1n) is 6.03. The third kappa shape index (κ3) is 4.65. The number of ether oxygens (including phenoxy) is 1. The minimum Gasteiger partial charge on any atom is -1.00 e. The van der Waals surface area contributed by atoms with Crippen LogP contribution < -0.4 is 30.1 Å². The standard InChI is InChI=1S/C10H15N2O8P.Li.H/c1-5-3-12(10(15)11-9(5)14)8-2-6(13)7(20-8)4-19-21(16,17)18;;/h3,6-8,13H,2,4H2,1H3,(H,11,14,15)(H2,16,17,18);;/q;+1;-1/t6-,7+,8+;;/m0../s1. The van der Waals surface area contributed by atoms with Crippen molar-refractivity contribution in [3.05, 3.63) is 32.6 Å². The zero-order valence-corrected chi connectivity index (χ0v) is 12.9. The monoisotopic (exact) mass is 330 g/mol. The minimum absolute atomic E-state index is 0. The minimum atomic E-state index is -4.67. The molecule has 0 aliphatic carbocycles. The van der Waals surface area contributed by atoms with Crippen molar-refractivity contribution in [3.63, 3.8) is 0 Å². The number of nitrogens with one attached hydrogen (secondary N) is 1. The Morgan fingerprint density at radius 1 is 1.55 bits per heavy atom. The van der Waals surface area contributed by atoms with Crippen LogP contribution in [-0.4, -0.2) is 43.3 Å². The van der Waals surface area contributed by atoms with E-state index in [2.05, 4.69) is 9.51 Å². The molecule has 2 heterocycles. The molecule has 120 valence electrons. The number of H-pyrrole nitrogens is 1. The van der Waals surface area contributed by atoms with Crippen molar-refractivity contribution in [2.75, 3.05) is 6.61 Å². The molecular formula is C10H16LiN2O8P. The van der Waals surface area contributed by atoms with Crippen LogP contribution in [0.4, 0.5) is 0 Å². The summed E-state index contributed by atoms with van der Waals surface area (Å²) in [6, 6.07) is 0. The molecular weight excluding hydrogens is 314 g/mol. The molecule has 10 nitrogen and oxygen atoms in total. The molecule has 0 aromatic carbocycles. The van der Waals surface area contributed by atoms with Gasteiger partial charge < -0.3 is 21.1 Å². The summed E-state index contributed by atoms with van der Waals surface area (Å²) in [5, 5.41) is 9.79. The number of aromatic nitrogens is 2. The number of phosphoric ester groups is 1. The Bertz CT molecular complexity index is 688. The maximum Gasteiger partial charge on any atom is 1.00 e. The maximum atomic E-state index is 11.7. The van der Waals surface area contributed by atoms with E-state index in [0.29, 0.717) is 5.56 Å². The van der Waals surface area contributed by atoms with Crippen LogP contribution in [-0.2, 0) is 13.8 Å². The van der Waals surface area contributed by atoms with Gasteiger partial charge in [-0.15, -0.1) is 0 Å². The molecule has 1 aliphatic rings. The van der Waals surface area contributed by atoms with Crippen LogP contribution in [0.3, 0.4) is 0 Å². The average Bonchev–Trinajstić information content (AvgIpc) is 2.72. The summed E-state index contributed by atoms with van der Waals surface area (Å²) in [6.07, 6.45) is -1.57. The van der Waals surface area contributed by atoms with Gasteiger partial charge in [-0.25, -0.2) is 9.36 Å². The van der Waals surface area contributed by atoms with E-state index in [1.807, 2.05) is 0 Å². The van der Waals surface area contributed by atoms with E-state index in [1.165, 1.54) is 13.1 Å². The molecule has 2 rings (SSSR count). The fourth-order valence-corrected chi connectivity index (χ4v) is 2.35. The third-order valence-corrected chi connectivity index (χ3v) is 3.55. The average molecular weight is 330 g/mol. The van der Waals surface area contributed by atoms with Gasteiger partial charge in [-0.2, -0.15) is 0 Å². The second kappa shape index (κ2) is 7.25. The summed E-state index contributed by atoms with van der Waals surface area (Å²) in [5.74, 6) is 0. The quantitative estimate of drug-likeness (QED) is 0.320. The summed E-state index contributed by atoms with van der Waals surface area (Å²) in [5.41, 5.74) is -0.918. The van der Waals surface area contributed by atoms with Crippen LogP contribution in [0, 0.1) is 6.92 Å². The van der Waals surface area contributed by atoms with E-state index in [4.69, 9.17) is 14.5 Å². The second-order valence-electron chi connectivity index (χ2n) is 4.70. The summed E-state index contributed by atoms with van der Waals surface area (Å²) in [6.45, 7) is 0.994. The Hall–Kier alpha value is -0.693. The SMILES string of the molecule is Cc1cn([C@H]2C[C@H](O)[C@@H](COP(=O)(O)O)O2)c(=O)[nH]c1=O.[H-].[Li+]. The van der Waals surface area contributed by atoms with Crippen LogP contribution in [0.1, 0.15) is 19.6 Å². The number of aliphatic hydroxyl groups is 1. The van der Waals surface area contributed by atoms with E-state index >= 15 is 0 Å². The number of phosphoric acid groups is 1. The molecule has 4 N–H and O–H groups in total.